The molecule has 0 spiro atoms. The molecule has 31 heavy (non-hydrogen) atoms. The van der Waals surface area contributed by atoms with Crippen molar-refractivity contribution in [1.29, 1.82) is 0 Å². The number of hydrogen-bond donors (Lipinski definition) is 1. The van der Waals surface area contributed by atoms with Crippen LogP contribution in [0.15, 0.2) is 63.9 Å². The fraction of sp³-hybridized carbons (Fsp3) is 0.273. The third-order valence-corrected chi connectivity index (χ3v) is 7.55. The third kappa shape index (κ3) is 5.49. The summed E-state index contributed by atoms with van der Waals surface area (Å²) in [6.45, 7) is 4.54. The van der Waals surface area contributed by atoms with Gasteiger partial charge in [-0.2, -0.15) is 9.41 Å². The largest absolute Gasteiger partial charge is 0.378 e. The van der Waals surface area contributed by atoms with Crippen molar-refractivity contribution in [3.63, 3.8) is 0 Å². The Morgan fingerprint density at radius 3 is 2.45 bits per heavy atom. The van der Waals surface area contributed by atoms with Crippen LogP contribution in [0, 0.1) is 0 Å². The number of thiazole rings is 1. The zero-order valence-electron chi connectivity index (χ0n) is 18.1. The zero-order chi connectivity index (χ0) is 22.4. The first-order valence-corrected chi connectivity index (χ1v) is 12.3. The molecule has 0 radical (unpaired) electrons. The third-order valence-electron chi connectivity index (χ3n) is 4.76. The van der Waals surface area contributed by atoms with Gasteiger partial charge < -0.3 is 4.90 Å². The van der Waals surface area contributed by atoms with E-state index in [1.54, 1.807) is 24.4 Å². The Morgan fingerprint density at radius 2 is 1.81 bits per heavy atom. The van der Waals surface area contributed by atoms with Crippen LogP contribution < -0.4 is 10.3 Å². The highest BCUT2D eigenvalue weighted by atomic mass is 32.2. The Morgan fingerprint density at radius 1 is 1.10 bits per heavy atom. The van der Waals surface area contributed by atoms with Gasteiger partial charge in [0.25, 0.3) is 0 Å². The summed E-state index contributed by atoms with van der Waals surface area (Å²) in [7, 11) is 0.487. The van der Waals surface area contributed by atoms with Crippen molar-refractivity contribution in [3.05, 3.63) is 59.5 Å². The minimum Gasteiger partial charge on any atom is -0.378 e. The maximum Gasteiger partial charge on any atom is 0.243 e. The number of benzene rings is 2. The molecule has 7 nitrogen and oxygen atoms in total. The molecule has 0 aliphatic rings. The second kappa shape index (κ2) is 10.0. The average Bonchev–Trinajstić information content (AvgIpc) is 3.24. The highest BCUT2D eigenvalue weighted by Crippen LogP contribution is 2.27. The molecule has 1 aromatic heterocycles. The number of sulfonamides is 1. The zero-order valence-corrected chi connectivity index (χ0v) is 19.7. The molecule has 3 aromatic rings. The van der Waals surface area contributed by atoms with Crippen LogP contribution in [0.3, 0.4) is 0 Å². The van der Waals surface area contributed by atoms with E-state index in [-0.39, 0.29) is 4.90 Å². The normalized spacial score (nSPS) is 11.9. The second-order valence-corrected chi connectivity index (χ2v) is 9.81. The van der Waals surface area contributed by atoms with Crippen LogP contribution in [0.1, 0.15) is 19.4 Å². The molecule has 0 saturated carbocycles. The summed E-state index contributed by atoms with van der Waals surface area (Å²) >= 11 is 1.41. The summed E-state index contributed by atoms with van der Waals surface area (Å²) in [5.41, 5.74) is 6.50. The minimum absolute atomic E-state index is 0.274. The summed E-state index contributed by atoms with van der Waals surface area (Å²) < 4.78 is 27.0. The molecule has 2 aromatic carbocycles. The molecule has 0 saturated heterocycles. The molecule has 0 atom stereocenters. The van der Waals surface area contributed by atoms with E-state index < -0.39 is 10.0 Å². The highest BCUT2D eigenvalue weighted by Gasteiger charge is 2.22. The molecule has 1 N–H and O–H groups in total. The molecule has 1 heterocycles. The molecule has 164 valence electrons. The van der Waals surface area contributed by atoms with Crippen LogP contribution in [0.5, 0.6) is 0 Å². The number of hydrogen-bond acceptors (Lipinski definition) is 7. The van der Waals surface area contributed by atoms with Crippen molar-refractivity contribution in [2.75, 3.05) is 37.5 Å². The van der Waals surface area contributed by atoms with E-state index >= 15 is 0 Å². The SMILES string of the molecule is CCN(CC)S(=O)(=O)c1cccc(-c2csc(NN=Cc3ccc(N(C)C)cc3)n2)c1. The molecule has 0 bridgehead atoms. The van der Waals surface area contributed by atoms with Crippen LogP contribution in [-0.2, 0) is 10.0 Å². The number of nitrogens with zero attached hydrogens (tertiary/aromatic N) is 4. The van der Waals surface area contributed by atoms with Gasteiger partial charge in [-0.3, -0.25) is 5.43 Å². The molecular formula is C22H27N5O2S2. The summed E-state index contributed by atoms with van der Waals surface area (Å²) in [6.07, 6.45) is 1.73. The predicted octanol–water partition coefficient (Wildman–Crippen LogP) is 4.35. The second-order valence-electron chi connectivity index (χ2n) is 7.01. The average molecular weight is 458 g/mol. The molecule has 0 fully saturated rings. The summed E-state index contributed by atoms with van der Waals surface area (Å²) in [4.78, 5) is 6.85. The molecule has 0 aliphatic carbocycles. The molecule has 0 unspecified atom stereocenters. The highest BCUT2D eigenvalue weighted by molar-refractivity contribution is 7.89. The van der Waals surface area contributed by atoms with E-state index in [0.29, 0.717) is 23.9 Å². The predicted molar refractivity (Wildman–Crippen MR) is 130 cm³/mol. The lowest BCUT2D eigenvalue weighted by molar-refractivity contribution is 0.445. The number of rotatable bonds is 9. The van der Waals surface area contributed by atoms with E-state index in [9.17, 15) is 8.42 Å². The van der Waals surface area contributed by atoms with Gasteiger partial charge in [-0.25, -0.2) is 13.4 Å². The fourth-order valence-corrected chi connectivity index (χ4v) is 5.18. The molecular weight excluding hydrogens is 430 g/mol. The van der Waals surface area contributed by atoms with Crippen molar-refractivity contribution in [2.45, 2.75) is 18.7 Å². The maximum absolute atomic E-state index is 12.8. The van der Waals surface area contributed by atoms with Crippen LogP contribution in [0.25, 0.3) is 11.3 Å². The van der Waals surface area contributed by atoms with Gasteiger partial charge in [0.1, 0.15) is 0 Å². The molecule has 0 aliphatic heterocycles. The Balaban J connectivity index is 1.72. The summed E-state index contributed by atoms with van der Waals surface area (Å²) in [5, 5.41) is 6.77. The van der Waals surface area contributed by atoms with Crippen molar-refractivity contribution in [2.24, 2.45) is 5.10 Å². The van der Waals surface area contributed by atoms with Crippen LogP contribution in [0.4, 0.5) is 10.8 Å². The van der Waals surface area contributed by atoms with Crippen molar-refractivity contribution < 1.29 is 8.42 Å². The first-order chi connectivity index (χ1) is 14.8. The van der Waals surface area contributed by atoms with Gasteiger partial charge in [0.2, 0.25) is 15.2 Å². The first kappa shape index (κ1) is 22.9. The standard InChI is InChI=1S/C22H27N5O2S2/c1-5-27(6-2)31(28,29)20-9-7-8-18(14-20)21-16-30-22(24-21)25-23-15-17-10-12-19(13-11-17)26(3)4/h7-16H,5-6H2,1-4H3,(H,24,25). The molecule has 3 rings (SSSR count). The van der Waals surface area contributed by atoms with E-state index in [0.717, 1.165) is 16.8 Å². The Bertz CT molecular complexity index is 1130. The van der Waals surface area contributed by atoms with Crippen molar-refractivity contribution in [3.8, 4) is 11.3 Å². The van der Waals surface area contributed by atoms with Crippen LogP contribution >= 0.6 is 11.3 Å². The lowest BCUT2D eigenvalue weighted by Crippen LogP contribution is -2.30. The Labute approximate surface area is 188 Å². The topological polar surface area (TPSA) is 77.9 Å². The van der Waals surface area contributed by atoms with Gasteiger partial charge in [-0.1, -0.05) is 38.1 Å². The number of hydrazone groups is 1. The smallest absolute Gasteiger partial charge is 0.243 e. The van der Waals surface area contributed by atoms with Gasteiger partial charge >= 0.3 is 0 Å². The van der Waals surface area contributed by atoms with Gasteiger partial charge in [0.05, 0.1) is 16.8 Å². The van der Waals surface area contributed by atoms with Gasteiger partial charge in [0.15, 0.2) is 0 Å². The lowest BCUT2D eigenvalue weighted by Gasteiger charge is -2.18. The van der Waals surface area contributed by atoms with E-state index in [1.807, 2.05) is 68.6 Å². The first-order valence-electron chi connectivity index (χ1n) is 9.97. The maximum atomic E-state index is 12.8. The van der Waals surface area contributed by atoms with E-state index in [1.165, 1.54) is 15.6 Å². The van der Waals surface area contributed by atoms with E-state index in [2.05, 4.69) is 15.5 Å². The van der Waals surface area contributed by atoms with Gasteiger partial charge in [0, 0.05) is 43.8 Å². The number of aromatic nitrogens is 1. The number of anilines is 2. The fourth-order valence-electron chi connectivity index (χ4n) is 3.01. The van der Waals surface area contributed by atoms with E-state index in [4.69, 9.17) is 0 Å². The van der Waals surface area contributed by atoms with Crippen LogP contribution in [0.2, 0.25) is 0 Å². The number of nitrogens with one attached hydrogen (secondary N) is 1. The lowest BCUT2D eigenvalue weighted by atomic mass is 10.2. The minimum atomic E-state index is -3.51. The summed E-state index contributed by atoms with van der Waals surface area (Å²) in [6, 6.07) is 14.9. The van der Waals surface area contributed by atoms with Crippen LogP contribution in [-0.4, -0.2) is 51.1 Å². The van der Waals surface area contributed by atoms with Crippen molar-refractivity contribution in [1.82, 2.24) is 9.29 Å². The Kier molecular flexibility index (Phi) is 7.42. The Hall–Kier alpha value is -2.75. The van der Waals surface area contributed by atoms with Gasteiger partial charge in [-0.05, 0) is 29.8 Å². The van der Waals surface area contributed by atoms with Crippen molar-refractivity contribution >= 4 is 38.4 Å². The summed E-state index contributed by atoms with van der Waals surface area (Å²) in [5.74, 6) is 0. The quantitative estimate of drug-likeness (QED) is 0.382. The molecule has 9 heteroatoms. The molecule has 0 amide bonds. The van der Waals surface area contributed by atoms with Gasteiger partial charge in [-0.15, -0.1) is 11.3 Å². The monoisotopic (exact) mass is 457 g/mol.